The van der Waals surface area contributed by atoms with Gasteiger partial charge in [0.1, 0.15) is 11.3 Å². The number of morpholine rings is 1. The quantitative estimate of drug-likeness (QED) is 0.791. The number of hydrogen-bond acceptors (Lipinski definition) is 8. The van der Waals surface area contributed by atoms with Gasteiger partial charge in [-0.3, -0.25) is 10.1 Å². The van der Waals surface area contributed by atoms with Crippen molar-refractivity contribution >= 4 is 38.7 Å². The fourth-order valence-corrected chi connectivity index (χ4v) is 4.97. The molecule has 0 unspecified atom stereocenters. The van der Waals surface area contributed by atoms with Gasteiger partial charge in [0.25, 0.3) is 0 Å². The lowest BCUT2D eigenvalue weighted by Gasteiger charge is -2.31. The molecule has 4 rings (SSSR count). The fraction of sp³-hybridized carbons (Fsp3) is 0.550. The first-order valence-electron chi connectivity index (χ1n) is 10.1. The van der Waals surface area contributed by atoms with E-state index in [4.69, 9.17) is 14.3 Å². The Kier molecular flexibility index (Phi) is 6.35. The van der Waals surface area contributed by atoms with Gasteiger partial charge in [0.05, 0.1) is 38.1 Å². The molecule has 2 aromatic rings. The van der Waals surface area contributed by atoms with Crippen LogP contribution in [0.25, 0.3) is 10.2 Å². The molecule has 2 aliphatic rings. The normalized spacial score (nSPS) is 18.4. The molecular formula is C20H26N4O5S. The highest BCUT2D eigenvalue weighted by atomic mass is 32.1. The Morgan fingerprint density at radius 2 is 1.93 bits per heavy atom. The number of amides is 2. The van der Waals surface area contributed by atoms with E-state index in [2.05, 4.69) is 16.4 Å². The topological polar surface area (TPSA) is 93.2 Å². The Bertz CT molecular complexity index is 919. The first-order valence-corrected chi connectivity index (χ1v) is 10.9. The maximum atomic E-state index is 12.3. The van der Waals surface area contributed by atoms with Crippen LogP contribution in [0.5, 0.6) is 5.75 Å². The molecule has 2 amide bonds. The van der Waals surface area contributed by atoms with Gasteiger partial charge in [0.2, 0.25) is 5.91 Å². The molecule has 0 spiro atoms. The summed E-state index contributed by atoms with van der Waals surface area (Å²) in [4.78, 5) is 35.7. The average Bonchev–Trinajstić information content (AvgIpc) is 3.17. The standard InChI is InChI=1S/C20H26N4O5S/c1-13(25)23-7-5-14(6-8-23)15-3-4-16(27-2)17-18(15)30-19(21-17)22-20(26)29-24-9-11-28-12-10-24/h3-4,14H,5-12H2,1-2H3,(H,21,22,26). The van der Waals surface area contributed by atoms with Gasteiger partial charge in [-0.05, 0) is 30.4 Å². The zero-order valence-electron chi connectivity index (χ0n) is 17.2. The third-order valence-corrected chi connectivity index (χ3v) is 6.55. The predicted octanol–water partition coefficient (Wildman–Crippen LogP) is 2.83. The molecule has 1 aromatic heterocycles. The Morgan fingerprint density at radius 1 is 1.20 bits per heavy atom. The molecule has 0 saturated carbocycles. The molecule has 1 N–H and O–H groups in total. The van der Waals surface area contributed by atoms with Crippen LogP contribution in [0, 0.1) is 0 Å². The maximum Gasteiger partial charge on any atom is 0.432 e. The number of methoxy groups -OCH3 is 1. The van der Waals surface area contributed by atoms with E-state index in [-0.39, 0.29) is 5.91 Å². The minimum absolute atomic E-state index is 0.122. The second-order valence-electron chi connectivity index (χ2n) is 7.38. The number of ether oxygens (including phenoxy) is 2. The van der Waals surface area contributed by atoms with Crippen molar-refractivity contribution in [1.29, 1.82) is 0 Å². The van der Waals surface area contributed by atoms with Crippen molar-refractivity contribution in [3.05, 3.63) is 17.7 Å². The minimum Gasteiger partial charge on any atom is -0.494 e. The highest BCUT2D eigenvalue weighted by Crippen LogP contribution is 2.41. The summed E-state index contributed by atoms with van der Waals surface area (Å²) in [6.07, 6.45) is 1.24. The second-order valence-corrected chi connectivity index (χ2v) is 8.38. The van der Waals surface area contributed by atoms with Crippen molar-refractivity contribution in [1.82, 2.24) is 14.9 Å². The lowest BCUT2D eigenvalue weighted by atomic mass is 9.89. The first kappa shape index (κ1) is 20.8. The molecule has 0 bridgehead atoms. The van der Waals surface area contributed by atoms with Gasteiger partial charge in [-0.15, -0.1) is 5.06 Å². The van der Waals surface area contributed by atoms with Crippen molar-refractivity contribution in [3.8, 4) is 5.75 Å². The largest absolute Gasteiger partial charge is 0.494 e. The molecule has 2 fully saturated rings. The van der Waals surface area contributed by atoms with Crippen LogP contribution < -0.4 is 10.1 Å². The summed E-state index contributed by atoms with van der Waals surface area (Å²) in [5, 5.41) is 4.79. The summed E-state index contributed by atoms with van der Waals surface area (Å²) in [6.45, 7) is 5.29. The summed E-state index contributed by atoms with van der Waals surface area (Å²) < 4.78 is 11.7. The summed E-state index contributed by atoms with van der Waals surface area (Å²) in [6, 6.07) is 3.99. The Labute approximate surface area is 178 Å². The van der Waals surface area contributed by atoms with Crippen LogP contribution in [0.2, 0.25) is 0 Å². The lowest BCUT2D eigenvalue weighted by Crippen LogP contribution is -2.39. The molecule has 1 aromatic carbocycles. The van der Waals surface area contributed by atoms with Crippen LogP contribution in [0.4, 0.5) is 9.93 Å². The number of nitrogens with zero attached hydrogens (tertiary/aromatic N) is 3. The van der Waals surface area contributed by atoms with Crippen LogP contribution in [0.15, 0.2) is 12.1 Å². The number of aromatic nitrogens is 1. The van der Waals surface area contributed by atoms with Gasteiger partial charge >= 0.3 is 6.09 Å². The van der Waals surface area contributed by atoms with E-state index in [1.54, 1.807) is 19.1 Å². The number of thiazole rings is 1. The summed E-state index contributed by atoms with van der Waals surface area (Å²) in [7, 11) is 1.61. The number of piperidine rings is 1. The van der Waals surface area contributed by atoms with Gasteiger partial charge in [-0.1, -0.05) is 17.4 Å². The third-order valence-electron chi connectivity index (χ3n) is 5.53. The molecule has 0 aliphatic carbocycles. The van der Waals surface area contributed by atoms with Gasteiger partial charge in [-0.25, -0.2) is 9.78 Å². The van der Waals surface area contributed by atoms with Crippen molar-refractivity contribution in [2.45, 2.75) is 25.7 Å². The zero-order valence-corrected chi connectivity index (χ0v) is 18.0. The molecular weight excluding hydrogens is 408 g/mol. The molecule has 10 heteroatoms. The van der Waals surface area contributed by atoms with Crippen molar-refractivity contribution < 1.29 is 23.9 Å². The van der Waals surface area contributed by atoms with E-state index in [1.807, 2.05) is 11.0 Å². The zero-order chi connectivity index (χ0) is 21.1. The number of anilines is 1. The van der Waals surface area contributed by atoms with Gasteiger partial charge < -0.3 is 19.2 Å². The average molecular weight is 435 g/mol. The monoisotopic (exact) mass is 434 g/mol. The van der Waals surface area contributed by atoms with Crippen LogP contribution in [0.1, 0.15) is 31.2 Å². The predicted molar refractivity (Wildman–Crippen MR) is 113 cm³/mol. The van der Waals surface area contributed by atoms with Crippen LogP contribution in [-0.2, 0) is 14.4 Å². The van der Waals surface area contributed by atoms with Crippen LogP contribution in [0.3, 0.4) is 0 Å². The summed E-state index contributed by atoms with van der Waals surface area (Å²) in [5.41, 5.74) is 1.91. The molecule has 30 heavy (non-hydrogen) atoms. The molecule has 162 valence electrons. The number of carbonyl (C=O) groups is 2. The number of nitrogens with one attached hydrogen (secondary N) is 1. The SMILES string of the molecule is COc1ccc(C2CCN(C(C)=O)CC2)c2sc(NC(=O)ON3CCOCC3)nc12. The number of carbonyl (C=O) groups excluding carboxylic acids is 2. The Balaban J connectivity index is 1.52. The summed E-state index contributed by atoms with van der Waals surface area (Å²) in [5.74, 6) is 1.12. The van der Waals surface area contributed by atoms with Crippen LogP contribution in [-0.4, -0.2) is 73.5 Å². The number of rotatable bonds is 4. The Hall–Kier alpha value is -2.43. The van der Waals surface area contributed by atoms with E-state index in [0.29, 0.717) is 43.1 Å². The number of benzene rings is 1. The first-order chi connectivity index (χ1) is 14.5. The van der Waals surface area contributed by atoms with E-state index in [9.17, 15) is 9.59 Å². The van der Waals surface area contributed by atoms with E-state index in [0.717, 1.165) is 36.1 Å². The molecule has 9 nitrogen and oxygen atoms in total. The molecule has 0 atom stereocenters. The van der Waals surface area contributed by atoms with E-state index >= 15 is 0 Å². The van der Waals surface area contributed by atoms with Crippen molar-refractivity contribution in [2.24, 2.45) is 0 Å². The molecule has 3 heterocycles. The number of hydroxylamine groups is 2. The van der Waals surface area contributed by atoms with Gasteiger partial charge in [0, 0.05) is 20.0 Å². The summed E-state index contributed by atoms with van der Waals surface area (Å²) >= 11 is 1.42. The highest BCUT2D eigenvalue weighted by molar-refractivity contribution is 7.22. The maximum absolute atomic E-state index is 12.3. The smallest absolute Gasteiger partial charge is 0.432 e. The van der Waals surface area contributed by atoms with Gasteiger partial charge in [0.15, 0.2) is 5.13 Å². The number of likely N-dealkylation sites (tertiary alicyclic amines) is 1. The molecule has 2 aliphatic heterocycles. The van der Waals surface area contributed by atoms with E-state index in [1.165, 1.54) is 16.9 Å². The third kappa shape index (κ3) is 4.50. The lowest BCUT2D eigenvalue weighted by molar-refractivity contribution is -0.142. The van der Waals surface area contributed by atoms with Crippen molar-refractivity contribution in [3.63, 3.8) is 0 Å². The molecule has 2 saturated heterocycles. The number of hydrogen-bond donors (Lipinski definition) is 1. The molecule has 0 radical (unpaired) electrons. The minimum atomic E-state index is -0.564. The fourth-order valence-electron chi connectivity index (χ4n) is 3.91. The number of fused-ring (bicyclic) bond motifs is 1. The highest BCUT2D eigenvalue weighted by Gasteiger charge is 2.26. The van der Waals surface area contributed by atoms with Gasteiger partial charge in [-0.2, -0.15) is 0 Å². The Morgan fingerprint density at radius 3 is 2.60 bits per heavy atom. The van der Waals surface area contributed by atoms with E-state index < -0.39 is 6.09 Å². The van der Waals surface area contributed by atoms with Crippen LogP contribution >= 0.6 is 11.3 Å². The second kappa shape index (κ2) is 9.15. The van der Waals surface area contributed by atoms with Crippen molar-refractivity contribution in [2.75, 3.05) is 51.8 Å².